The van der Waals surface area contributed by atoms with Crippen molar-refractivity contribution in [2.24, 2.45) is 0 Å². The van der Waals surface area contributed by atoms with Gasteiger partial charge in [0.25, 0.3) is 0 Å². The Bertz CT molecular complexity index is 453. The number of carbonyl (C=O) groups is 2. The minimum absolute atomic E-state index is 0.306. The van der Waals surface area contributed by atoms with Gasteiger partial charge in [-0.3, -0.25) is 4.98 Å². The number of nitrogens with zero attached hydrogens (tertiary/aromatic N) is 1. The lowest BCUT2D eigenvalue weighted by Crippen LogP contribution is -2.46. The first-order chi connectivity index (χ1) is 10.0. The number of nitrogens with one attached hydrogen (secondary N) is 2. The molecule has 0 saturated heterocycles. The monoisotopic (exact) mass is 295 g/mol. The Balaban J connectivity index is 2.48. The van der Waals surface area contributed by atoms with Gasteiger partial charge in [0.1, 0.15) is 6.04 Å². The molecule has 3 N–H and O–H groups in total. The van der Waals surface area contributed by atoms with Crippen molar-refractivity contribution in [3.05, 3.63) is 30.1 Å². The molecule has 2 amide bonds. The highest BCUT2D eigenvalue weighted by molar-refractivity contribution is 5.82. The fraction of sp³-hybridized carbons (Fsp3) is 0.500. The van der Waals surface area contributed by atoms with Gasteiger partial charge in [-0.15, -0.1) is 0 Å². The summed E-state index contributed by atoms with van der Waals surface area (Å²) in [4.78, 5) is 27.1. The largest absolute Gasteiger partial charge is 0.480 e. The quantitative estimate of drug-likeness (QED) is 0.628. The molecular formula is C14H21N3O4. The van der Waals surface area contributed by atoms with E-state index in [-0.39, 0.29) is 6.04 Å². The third-order valence-electron chi connectivity index (χ3n) is 2.92. The molecule has 1 heterocycles. The average Bonchev–Trinajstić information content (AvgIpc) is 2.47. The number of aliphatic carboxylic acids is 1. The van der Waals surface area contributed by atoms with Crippen LogP contribution in [0.5, 0.6) is 0 Å². The second-order valence-corrected chi connectivity index (χ2v) is 4.62. The maximum atomic E-state index is 11.8. The highest BCUT2D eigenvalue weighted by Gasteiger charge is 2.20. The highest BCUT2D eigenvalue weighted by Crippen LogP contribution is 2.07. The number of rotatable bonds is 8. The standard InChI is InChI=1S/C14H21N3O4/c1-10(11-6-3-4-8-15-11)16-14(20)17-12(13(18)19)7-5-9-21-2/h3-4,6,8,10,12H,5,7,9H2,1-2H3,(H,18,19)(H2,16,17,20). The SMILES string of the molecule is COCCCC(NC(=O)NC(C)c1ccccn1)C(=O)O. The lowest BCUT2D eigenvalue weighted by Gasteiger charge is -2.18. The Morgan fingerprint density at radius 2 is 2.14 bits per heavy atom. The summed E-state index contributed by atoms with van der Waals surface area (Å²) in [6.45, 7) is 2.24. The molecule has 1 rings (SSSR count). The number of hydrogen-bond acceptors (Lipinski definition) is 4. The molecule has 2 atom stereocenters. The van der Waals surface area contributed by atoms with Gasteiger partial charge in [-0.05, 0) is 31.9 Å². The first-order valence-electron chi connectivity index (χ1n) is 6.74. The predicted molar refractivity (Wildman–Crippen MR) is 76.9 cm³/mol. The summed E-state index contributed by atoms with van der Waals surface area (Å²) in [5.41, 5.74) is 0.707. The minimum Gasteiger partial charge on any atom is -0.480 e. The van der Waals surface area contributed by atoms with E-state index in [4.69, 9.17) is 9.84 Å². The fourth-order valence-electron chi connectivity index (χ4n) is 1.79. The van der Waals surface area contributed by atoms with Crippen molar-refractivity contribution in [3.63, 3.8) is 0 Å². The molecule has 1 aromatic rings. The third-order valence-corrected chi connectivity index (χ3v) is 2.92. The molecule has 1 aromatic heterocycles. The van der Waals surface area contributed by atoms with E-state index < -0.39 is 18.0 Å². The summed E-state index contributed by atoms with van der Waals surface area (Å²) >= 11 is 0. The molecule has 7 nitrogen and oxygen atoms in total. The van der Waals surface area contributed by atoms with E-state index >= 15 is 0 Å². The van der Waals surface area contributed by atoms with Crippen molar-refractivity contribution in [2.45, 2.75) is 31.8 Å². The Morgan fingerprint density at radius 3 is 2.71 bits per heavy atom. The number of urea groups is 1. The van der Waals surface area contributed by atoms with Gasteiger partial charge in [0.05, 0.1) is 11.7 Å². The zero-order valence-electron chi connectivity index (χ0n) is 12.2. The minimum atomic E-state index is -1.06. The normalized spacial score (nSPS) is 13.2. The van der Waals surface area contributed by atoms with Gasteiger partial charge in [-0.25, -0.2) is 9.59 Å². The summed E-state index contributed by atoms with van der Waals surface area (Å²) < 4.78 is 4.87. The number of hydrogen-bond donors (Lipinski definition) is 3. The van der Waals surface area contributed by atoms with E-state index in [0.717, 1.165) is 0 Å². The maximum absolute atomic E-state index is 11.8. The molecule has 0 aliphatic heterocycles. The van der Waals surface area contributed by atoms with Crippen LogP contribution in [0, 0.1) is 0 Å². The van der Waals surface area contributed by atoms with E-state index in [1.54, 1.807) is 32.4 Å². The van der Waals surface area contributed by atoms with Crippen LogP contribution in [0.4, 0.5) is 4.79 Å². The number of carboxylic acids is 1. The van der Waals surface area contributed by atoms with Gasteiger partial charge >= 0.3 is 12.0 Å². The summed E-state index contributed by atoms with van der Waals surface area (Å²) in [7, 11) is 1.55. The number of carbonyl (C=O) groups excluding carboxylic acids is 1. The van der Waals surface area contributed by atoms with Crippen LogP contribution < -0.4 is 10.6 Å². The van der Waals surface area contributed by atoms with E-state index in [2.05, 4.69) is 15.6 Å². The third kappa shape index (κ3) is 6.22. The Hall–Kier alpha value is -2.15. The van der Waals surface area contributed by atoms with Crippen LogP contribution in [0.15, 0.2) is 24.4 Å². The zero-order chi connectivity index (χ0) is 15.7. The van der Waals surface area contributed by atoms with E-state index in [9.17, 15) is 9.59 Å². The molecule has 2 unspecified atom stereocenters. The number of amides is 2. The molecule has 0 radical (unpaired) electrons. The molecule has 0 aliphatic rings. The molecular weight excluding hydrogens is 274 g/mol. The molecule has 0 aliphatic carbocycles. The average molecular weight is 295 g/mol. The van der Waals surface area contributed by atoms with Gasteiger partial charge < -0.3 is 20.5 Å². The van der Waals surface area contributed by atoms with Crippen LogP contribution in [0.3, 0.4) is 0 Å². The van der Waals surface area contributed by atoms with Crippen molar-refractivity contribution in [1.82, 2.24) is 15.6 Å². The molecule has 0 saturated carbocycles. The number of ether oxygens (including phenoxy) is 1. The first-order valence-corrected chi connectivity index (χ1v) is 6.74. The second-order valence-electron chi connectivity index (χ2n) is 4.62. The van der Waals surface area contributed by atoms with E-state index in [0.29, 0.717) is 25.1 Å². The lowest BCUT2D eigenvalue weighted by molar-refractivity contribution is -0.139. The second kappa shape index (κ2) is 8.91. The van der Waals surface area contributed by atoms with Gasteiger partial charge in [0, 0.05) is 19.9 Å². The topological polar surface area (TPSA) is 101 Å². The highest BCUT2D eigenvalue weighted by atomic mass is 16.5. The predicted octanol–water partition coefficient (Wildman–Crippen LogP) is 1.32. The van der Waals surface area contributed by atoms with Crippen molar-refractivity contribution in [2.75, 3.05) is 13.7 Å². The Labute approximate surface area is 123 Å². The number of methoxy groups -OCH3 is 1. The molecule has 0 aromatic carbocycles. The molecule has 7 heteroatoms. The summed E-state index contributed by atoms with van der Waals surface area (Å²) in [5, 5.41) is 14.2. The molecule has 0 fully saturated rings. The summed E-state index contributed by atoms with van der Waals surface area (Å²) in [6, 6.07) is 3.63. The van der Waals surface area contributed by atoms with Crippen LogP contribution in [0.1, 0.15) is 31.5 Å². The Morgan fingerprint density at radius 1 is 1.38 bits per heavy atom. The van der Waals surface area contributed by atoms with Crippen molar-refractivity contribution in [1.29, 1.82) is 0 Å². The first kappa shape index (κ1) is 16.9. The molecule has 116 valence electrons. The zero-order valence-corrected chi connectivity index (χ0v) is 12.2. The van der Waals surface area contributed by atoms with Crippen LogP contribution in [-0.4, -0.2) is 41.8 Å². The van der Waals surface area contributed by atoms with Crippen LogP contribution in [0.25, 0.3) is 0 Å². The maximum Gasteiger partial charge on any atom is 0.326 e. The molecule has 0 spiro atoms. The summed E-state index contributed by atoms with van der Waals surface area (Å²) in [6.07, 6.45) is 2.51. The van der Waals surface area contributed by atoms with Gasteiger partial charge in [-0.1, -0.05) is 6.07 Å². The van der Waals surface area contributed by atoms with Gasteiger partial charge in [0.15, 0.2) is 0 Å². The molecule has 21 heavy (non-hydrogen) atoms. The lowest BCUT2D eigenvalue weighted by atomic mass is 10.1. The number of pyridine rings is 1. The van der Waals surface area contributed by atoms with Crippen LogP contribution in [0.2, 0.25) is 0 Å². The van der Waals surface area contributed by atoms with E-state index in [1.807, 2.05) is 6.07 Å². The van der Waals surface area contributed by atoms with Crippen LogP contribution in [-0.2, 0) is 9.53 Å². The smallest absolute Gasteiger partial charge is 0.326 e. The van der Waals surface area contributed by atoms with Gasteiger partial charge in [-0.2, -0.15) is 0 Å². The van der Waals surface area contributed by atoms with Crippen molar-refractivity contribution in [3.8, 4) is 0 Å². The van der Waals surface area contributed by atoms with Crippen LogP contribution >= 0.6 is 0 Å². The number of carboxylic acid groups (broad SMARTS) is 1. The van der Waals surface area contributed by atoms with Crippen molar-refractivity contribution < 1.29 is 19.4 Å². The molecule has 0 bridgehead atoms. The fourth-order valence-corrected chi connectivity index (χ4v) is 1.79. The summed E-state index contributed by atoms with van der Waals surface area (Å²) in [5.74, 6) is -1.06. The Kier molecular flexibility index (Phi) is 7.17. The van der Waals surface area contributed by atoms with Crippen molar-refractivity contribution >= 4 is 12.0 Å². The van der Waals surface area contributed by atoms with E-state index in [1.165, 1.54) is 0 Å². The van der Waals surface area contributed by atoms with Gasteiger partial charge in [0.2, 0.25) is 0 Å². The number of aromatic nitrogens is 1.